The maximum absolute atomic E-state index is 5.95. The summed E-state index contributed by atoms with van der Waals surface area (Å²) in [5.41, 5.74) is 12.7. The smallest absolute Gasteiger partial charge is 0.220 e. The van der Waals surface area contributed by atoms with E-state index in [1.807, 2.05) is 12.1 Å². The van der Waals surface area contributed by atoms with Gasteiger partial charge in [0.05, 0.1) is 5.69 Å². The highest BCUT2D eigenvalue weighted by Crippen LogP contribution is 2.25. The van der Waals surface area contributed by atoms with Gasteiger partial charge in [-0.15, -0.1) is 0 Å². The SMILES string of the molecule is Cc1cccc(-c2cc(CCCc3ccc(Cl)cc3)nc(N)n2)c1C. The van der Waals surface area contributed by atoms with Gasteiger partial charge in [0.1, 0.15) is 0 Å². The molecule has 3 rings (SSSR count). The van der Waals surface area contributed by atoms with Crippen LogP contribution in [0.5, 0.6) is 0 Å². The monoisotopic (exact) mass is 351 g/mol. The highest BCUT2D eigenvalue weighted by Gasteiger charge is 2.09. The van der Waals surface area contributed by atoms with Crippen LogP contribution in [0.4, 0.5) is 5.95 Å². The fourth-order valence-corrected chi connectivity index (χ4v) is 3.06. The summed E-state index contributed by atoms with van der Waals surface area (Å²) in [7, 11) is 0. The van der Waals surface area contributed by atoms with Crippen LogP contribution in [0.3, 0.4) is 0 Å². The molecule has 1 heterocycles. The second-order valence-corrected chi connectivity index (χ2v) is 6.77. The van der Waals surface area contributed by atoms with E-state index in [0.717, 1.165) is 41.2 Å². The Balaban J connectivity index is 1.75. The van der Waals surface area contributed by atoms with Gasteiger partial charge < -0.3 is 5.73 Å². The van der Waals surface area contributed by atoms with Crippen molar-refractivity contribution in [2.75, 3.05) is 5.73 Å². The van der Waals surface area contributed by atoms with E-state index >= 15 is 0 Å². The topological polar surface area (TPSA) is 51.8 Å². The predicted molar refractivity (Wildman–Crippen MR) is 105 cm³/mol. The van der Waals surface area contributed by atoms with Crippen molar-refractivity contribution in [1.29, 1.82) is 0 Å². The number of rotatable bonds is 5. The summed E-state index contributed by atoms with van der Waals surface area (Å²) in [5, 5.41) is 0.769. The summed E-state index contributed by atoms with van der Waals surface area (Å²) in [5.74, 6) is 0.333. The first-order valence-electron chi connectivity index (χ1n) is 8.47. The highest BCUT2D eigenvalue weighted by molar-refractivity contribution is 6.30. The fraction of sp³-hybridized carbons (Fsp3) is 0.238. The van der Waals surface area contributed by atoms with Crippen LogP contribution >= 0.6 is 11.6 Å². The quantitative estimate of drug-likeness (QED) is 0.689. The molecule has 0 bridgehead atoms. The minimum atomic E-state index is 0.333. The largest absolute Gasteiger partial charge is 0.368 e. The Hall–Kier alpha value is -2.39. The average Bonchev–Trinajstić information content (AvgIpc) is 2.59. The van der Waals surface area contributed by atoms with Crippen molar-refractivity contribution in [1.82, 2.24) is 9.97 Å². The van der Waals surface area contributed by atoms with E-state index in [1.165, 1.54) is 16.7 Å². The van der Waals surface area contributed by atoms with Crippen molar-refractivity contribution < 1.29 is 0 Å². The van der Waals surface area contributed by atoms with Gasteiger partial charge in [0.2, 0.25) is 5.95 Å². The molecule has 3 nitrogen and oxygen atoms in total. The molecular weight excluding hydrogens is 330 g/mol. The fourth-order valence-electron chi connectivity index (χ4n) is 2.94. The van der Waals surface area contributed by atoms with E-state index in [4.69, 9.17) is 17.3 Å². The minimum Gasteiger partial charge on any atom is -0.368 e. The molecule has 0 fully saturated rings. The van der Waals surface area contributed by atoms with E-state index in [0.29, 0.717) is 5.95 Å². The maximum atomic E-state index is 5.95. The van der Waals surface area contributed by atoms with E-state index in [1.54, 1.807) is 0 Å². The molecule has 0 radical (unpaired) electrons. The third-order valence-corrected chi connectivity index (χ3v) is 4.74. The number of aryl methyl sites for hydroxylation is 3. The molecule has 0 saturated carbocycles. The van der Waals surface area contributed by atoms with Crippen LogP contribution in [-0.4, -0.2) is 9.97 Å². The van der Waals surface area contributed by atoms with Crippen molar-refractivity contribution in [3.05, 3.63) is 75.9 Å². The lowest BCUT2D eigenvalue weighted by atomic mass is 10.00. The first-order valence-corrected chi connectivity index (χ1v) is 8.85. The molecule has 1 aromatic heterocycles. The van der Waals surface area contributed by atoms with Gasteiger partial charge in [0.25, 0.3) is 0 Å². The van der Waals surface area contributed by atoms with Crippen LogP contribution in [0, 0.1) is 13.8 Å². The third-order valence-electron chi connectivity index (χ3n) is 4.49. The summed E-state index contributed by atoms with van der Waals surface area (Å²) in [6.07, 6.45) is 2.86. The van der Waals surface area contributed by atoms with E-state index in [2.05, 4.69) is 60.2 Å². The van der Waals surface area contributed by atoms with Crippen molar-refractivity contribution in [3.63, 3.8) is 0 Å². The summed E-state index contributed by atoms with van der Waals surface area (Å²) in [4.78, 5) is 8.84. The van der Waals surface area contributed by atoms with E-state index in [9.17, 15) is 0 Å². The Kier molecular flexibility index (Phi) is 5.34. The van der Waals surface area contributed by atoms with Gasteiger partial charge in [-0.3, -0.25) is 0 Å². The Labute approximate surface area is 153 Å². The molecule has 0 unspecified atom stereocenters. The Morgan fingerprint density at radius 3 is 2.48 bits per heavy atom. The third kappa shape index (κ3) is 4.37. The number of halogens is 1. The van der Waals surface area contributed by atoms with Crippen molar-refractivity contribution in [2.45, 2.75) is 33.1 Å². The molecule has 0 aliphatic carbocycles. The zero-order valence-corrected chi connectivity index (χ0v) is 15.3. The molecular formula is C21H22ClN3. The number of aromatic nitrogens is 2. The Morgan fingerprint density at radius 2 is 1.72 bits per heavy atom. The molecule has 2 aromatic carbocycles. The molecule has 2 N–H and O–H groups in total. The summed E-state index contributed by atoms with van der Waals surface area (Å²) >= 11 is 5.93. The zero-order chi connectivity index (χ0) is 17.8. The van der Waals surface area contributed by atoms with E-state index < -0.39 is 0 Å². The first-order chi connectivity index (χ1) is 12.0. The lowest BCUT2D eigenvalue weighted by Crippen LogP contribution is -2.02. The van der Waals surface area contributed by atoms with Crippen molar-refractivity contribution in [3.8, 4) is 11.3 Å². The van der Waals surface area contributed by atoms with Gasteiger partial charge >= 0.3 is 0 Å². The standard InChI is InChI=1S/C21H22ClN3/c1-14-5-3-8-19(15(14)2)20-13-18(24-21(23)25-20)7-4-6-16-9-11-17(22)12-10-16/h3,5,8-13H,4,6-7H2,1-2H3,(H2,23,24,25). The lowest BCUT2D eigenvalue weighted by Gasteiger charge is -2.10. The molecule has 0 aliphatic rings. The highest BCUT2D eigenvalue weighted by atomic mass is 35.5. The summed E-state index contributed by atoms with van der Waals surface area (Å²) in [6.45, 7) is 4.22. The Bertz CT molecular complexity index is 873. The summed E-state index contributed by atoms with van der Waals surface area (Å²) in [6, 6.07) is 16.3. The molecule has 0 aliphatic heterocycles. The van der Waals surface area contributed by atoms with Gasteiger partial charge in [-0.2, -0.15) is 0 Å². The number of hydrogen-bond donors (Lipinski definition) is 1. The number of nitrogen functional groups attached to an aromatic ring is 1. The molecule has 0 amide bonds. The molecule has 0 saturated heterocycles. The van der Waals surface area contributed by atoms with Crippen LogP contribution in [0.25, 0.3) is 11.3 Å². The number of nitrogens with zero attached hydrogens (tertiary/aromatic N) is 2. The molecule has 4 heteroatoms. The molecule has 0 spiro atoms. The van der Waals surface area contributed by atoms with Crippen LogP contribution < -0.4 is 5.73 Å². The first kappa shape index (κ1) is 17.4. The number of benzene rings is 2. The van der Waals surface area contributed by atoms with Crippen LogP contribution in [-0.2, 0) is 12.8 Å². The second kappa shape index (κ2) is 7.66. The van der Waals surface area contributed by atoms with Gasteiger partial charge in [-0.25, -0.2) is 9.97 Å². The van der Waals surface area contributed by atoms with Crippen LogP contribution in [0.15, 0.2) is 48.5 Å². The van der Waals surface area contributed by atoms with Gasteiger partial charge in [0.15, 0.2) is 0 Å². The number of hydrogen-bond acceptors (Lipinski definition) is 3. The normalized spacial score (nSPS) is 10.8. The van der Waals surface area contributed by atoms with Crippen molar-refractivity contribution >= 4 is 17.5 Å². The average molecular weight is 352 g/mol. The molecule has 128 valence electrons. The second-order valence-electron chi connectivity index (χ2n) is 6.33. The Morgan fingerprint density at radius 1 is 0.960 bits per heavy atom. The maximum Gasteiger partial charge on any atom is 0.220 e. The van der Waals surface area contributed by atoms with Crippen molar-refractivity contribution in [2.24, 2.45) is 0 Å². The number of anilines is 1. The molecule has 25 heavy (non-hydrogen) atoms. The molecule has 0 atom stereocenters. The van der Waals surface area contributed by atoms with Crippen LogP contribution in [0.1, 0.15) is 28.8 Å². The lowest BCUT2D eigenvalue weighted by molar-refractivity contribution is 0.797. The minimum absolute atomic E-state index is 0.333. The van der Waals surface area contributed by atoms with Gasteiger partial charge in [-0.05, 0) is 68.0 Å². The number of nitrogens with two attached hydrogens (primary N) is 1. The zero-order valence-electron chi connectivity index (χ0n) is 14.6. The summed E-state index contributed by atoms with van der Waals surface area (Å²) < 4.78 is 0. The predicted octanol–water partition coefficient (Wildman–Crippen LogP) is 5.17. The van der Waals surface area contributed by atoms with Crippen LogP contribution in [0.2, 0.25) is 5.02 Å². The van der Waals surface area contributed by atoms with E-state index in [-0.39, 0.29) is 0 Å². The molecule has 3 aromatic rings. The van der Waals surface area contributed by atoms with Gasteiger partial charge in [0, 0.05) is 16.3 Å². The van der Waals surface area contributed by atoms with Gasteiger partial charge in [-0.1, -0.05) is 41.9 Å².